The second-order valence-electron chi connectivity index (χ2n) is 6.00. The van der Waals surface area contributed by atoms with Crippen LogP contribution in [0, 0.1) is 0 Å². The van der Waals surface area contributed by atoms with Gasteiger partial charge in [-0.25, -0.2) is 4.98 Å². The number of pyridine rings is 1. The Morgan fingerprint density at radius 3 is 2.85 bits per heavy atom. The van der Waals surface area contributed by atoms with Crippen molar-refractivity contribution >= 4 is 16.8 Å². The molecule has 0 saturated carbocycles. The lowest BCUT2D eigenvalue weighted by molar-refractivity contribution is 0.0921. The molecule has 7 nitrogen and oxygen atoms in total. The number of furan rings is 1. The average Bonchev–Trinajstić information content (AvgIpc) is 3.18. The second kappa shape index (κ2) is 7.25. The van der Waals surface area contributed by atoms with Gasteiger partial charge < -0.3 is 9.73 Å². The summed E-state index contributed by atoms with van der Waals surface area (Å²) in [5.41, 5.74) is 1.39. The summed E-state index contributed by atoms with van der Waals surface area (Å²) in [5.74, 6) is 0.366. The topological polar surface area (TPSA) is 90.0 Å². The van der Waals surface area contributed by atoms with Crippen molar-refractivity contribution in [2.24, 2.45) is 0 Å². The number of amides is 1. The molecular weight excluding hydrogens is 344 g/mol. The summed E-state index contributed by atoms with van der Waals surface area (Å²) in [6, 6.07) is 14.1. The van der Waals surface area contributed by atoms with Gasteiger partial charge in [-0.2, -0.15) is 0 Å². The van der Waals surface area contributed by atoms with E-state index in [0.717, 1.165) is 5.56 Å². The number of para-hydroxylation sites is 1. The molecule has 0 radical (unpaired) electrons. The molecule has 1 amide bonds. The van der Waals surface area contributed by atoms with Crippen LogP contribution < -0.4 is 10.9 Å². The number of carbonyl (C=O) groups is 1. The highest BCUT2D eigenvalue weighted by Crippen LogP contribution is 2.11. The summed E-state index contributed by atoms with van der Waals surface area (Å²) >= 11 is 0. The van der Waals surface area contributed by atoms with Crippen LogP contribution in [0.15, 0.2) is 76.5 Å². The van der Waals surface area contributed by atoms with Crippen molar-refractivity contribution in [3.8, 4) is 0 Å². The number of rotatable bonds is 5. The third-order valence-electron chi connectivity index (χ3n) is 4.12. The number of hydrogen-bond donors (Lipinski definition) is 1. The molecule has 0 atom stereocenters. The van der Waals surface area contributed by atoms with E-state index in [9.17, 15) is 9.59 Å². The van der Waals surface area contributed by atoms with Crippen molar-refractivity contribution in [3.63, 3.8) is 0 Å². The standard InChI is InChI=1S/C20H16N4O3/c25-19(22-11-14-4-3-9-21-10-14)18-8-7-15(27-18)12-24-13-23-17-6-2-1-5-16(17)20(24)26/h1-10,13H,11-12H2,(H,22,25). The van der Waals surface area contributed by atoms with Gasteiger partial charge >= 0.3 is 0 Å². The monoisotopic (exact) mass is 360 g/mol. The Bertz CT molecular complexity index is 1150. The van der Waals surface area contributed by atoms with E-state index in [1.54, 1.807) is 42.7 Å². The van der Waals surface area contributed by atoms with Crippen LogP contribution in [0.4, 0.5) is 0 Å². The molecule has 4 aromatic rings. The fraction of sp³-hybridized carbons (Fsp3) is 0.100. The van der Waals surface area contributed by atoms with Gasteiger partial charge in [0.05, 0.1) is 23.8 Å². The molecule has 1 aromatic carbocycles. The van der Waals surface area contributed by atoms with Crippen LogP contribution in [-0.2, 0) is 13.1 Å². The van der Waals surface area contributed by atoms with Crippen molar-refractivity contribution in [1.82, 2.24) is 19.9 Å². The Hall–Kier alpha value is -3.74. The summed E-state index contributed by atoms with van der Waals surface area (Å²) in [7, 11) is 0. The van der Waals surface area contributed by atoms with E-state index in [1.165, 1.54) is 10.9 Å². The van der Waals surface area contributed by atoms with Gasteiger partial charge in [0.15, 0.2) is 5.76 Å². The van der Waals surface area contributed by atoms with Gasteiger partial charge in [0.2, 0.25) is 0 Å². The lowest BCUT2D eigenvalue weighted by atomic mass is 10.2. The molecule has 0 unspecified atom stereocenters. The van der Waals surface area contributed by atoms with Gasteiger partial charge in [-0.3, -0.25) is 19.1 Å². The number of fused-ring (bicyclic) bond motifs is 1. The van der Waals surface area contributed by atoms with Crippen molar-refractivity contribution < 1.29 is 9.21 Å². The van der Waals surface area contributed by atoms with Gasteiger partial charge in [0.25, 0.3) is 11.5 Å². The highest BCUT2D eigenvalue weighted by molar-refractivity contribution is 5.91. The van der Waals surface area contributed by atoms with Gasteiger partial charge in [-0.15, -0.1) is 0 Å². The zero-order chi connectivity index (χ0) is 18.6. The lowest BCUT2D eigenvalue weighted by Gasteiger charge is -2.05. The SMILES string of the molecule is O=C(NCc1cccnc1)c1ccc(Cn2cnc3ccccc3c2=O)o1. The molecule has 4 rings (SSSR count). The van der Waals surface area contributed by atoms with Crippen LogP contribution in [-0.4, -0.2) is 20.4 Å². The maximum absolute atomic E-state index is 12.5. The first-order valence-corrected chi connectivity index (χ1v) is 8.41. The summed E-state index contributed by atoms with van der Waals surface area (Å²) in [5, 5.41) is 3.32. The fourth-order valence-electron chi connectivity index (χ4n) is 2.74. The summed E-state index contributed by atoms with van der Waals surface area (Å²) in [6.45, 7) is 0.559. The van der Waals surface area contributed by atoms with E-state index in [2.05, 4.69) is 15.3 Å². The van der Waals surface area contributed by atoms with Gasteiger partial charge in [0.1, 0.15) is 5.76 Å². The molecule has 3 aromatic heterocycles. The summed E-state index contributed by atoms with van der Waals surface area (Å²) in [4.78, 5) is 33.0. The average molecular weight is 360 g/mol. The number of benzene rings is 1. The zero-order valence-corrected chi connectivity index (χ0v) is 14.3. The molecule has 0 bridgehead atoms. The highest BCUT2D eigenvalue weighted by Gasteiger charge is 2.12. The fourth-order valence-corrected chi connectivity index (χ4v) is 2.74. The normalized spacial score (nSPS) is 10.8. The molecule has 0 fully saturated rings. The molecule has 1 N–H and O–H groups in total. The maximum atomic E-state index is 12.5. The predicted molar refractivity (Wildman–Crippen MR) is 99.2 cm³/mol. The minimum absolute atomic E-state index is 0.153. The van der Waals surface area contributed by atoms with Crippen LogP contribution in [0.5, 0.6) is 0 Å². The molecule has 0 aliphatic rings. The number of aromatic nitrogens is 3. The second-order valence-corrected chi connectivity index (χ2v) is 6.00. The minimum Gasteiger partial charge on any atom is -0.454 e. The quantitative estimate of drug-likeness (QED) is 0.590. The number of hydrogen-bond acceptors (Lipinski definition) is 5. The van der Waals surface area contributed by atoms with E-state index in [4.69, 9.17) is 4.42 Å². The highest BCUT2D eigenvalue weighted by atomic mass is 16.4. The van der Waals surface area contributed by atoms with Gasteiger partial charge in [-0.05, 0) is 35.9 Å². The molecule has 0 aliphatic heterocycles. The predicted octanol–water partition coefficient (Wildman–Crippen LogP) is 2.36. The van der Waals surface area contributed by atoms with Crippen LogP contribution in [0.2, 0.25) is 0 Å². The molecule has 7 heteroatoms. The van der Waals surface area contributed by atoms with E-state index < -0.39 is 0 Å². The van der Waals surface area contributed by atoms with Crippen LogP contribution >= 0.6 is 0 Å². The Morgan fingerprint density at radius 1 is 1.11 bits per heavy atom. The third-order valence-corrected chi connectivity index (χ3v) is 4.12. The lowest BCUT2D eigenvalue weighted by Crippen LogP contribution is -2.22. The van der Waals surface area contributed by atoms with E-state index in [-0.39, 0.29) is 23.8 Å². The van der Waals surface area contributed by atoms with Crippen molar-refractivity contribution in [1.29, 1.82) is 0 Å². The summed E-state index contributed by atoms with van der Waals surface area (Å²) < 4.78 is 7.05. The van der Waals surface area contributed by atoms with Crippen LogP contribution in [0.25, 0.3) is 10.9 Å². The molecule has 0 saturated heterocycles. The van der Waals surface area contributed by atoms with E-state index >= 15 is 0 Å². The summed E-state index contributed by atoms with van der Waals surface area (Å²) in [6.07, 6.45) is 4.84. The Labute approximate surface area is 154 Å². The Morgan fingerprint density at radius 2 is 2.00 bits per heavy atom. The molecule has 3 heterocycles. The number of nitrogens with one attached hydrogen (secondary N) is 1. The van der Waals surface area contributed by atoms with Crippen LogP contribution in [0.3, 0.4) is 0 Å². The zero-order valence-electron chi connectivity index (χ0n) is 14.3. The maximum Gasteiger partial charge on any atom is 0.287 e. The first-order valence-electron chi connectivity index (χ1n) is 8.41. The van der Waals surface area contributed by atoms with Crippen LogP contribution in [0.1, 0.15) is 21.9 Å². The first-order chi connectivity index (χ1) is 13.2. The van der Waals surface area contributed by atoms with Gasteiger partial charge in [0, 0.05) is 18.9 Å². The van der Waals surface area contributed by atoms with Crippen molar-refractivity contribution in [2.75, 3.05) is 0 Å². The van der Waals surface area contributed by atoms with Crippen molar-refractivity contribution in [3.05, 3.63) is 94.7 Å². The van der Waals surface area contributed by atoms with E-state index in [1.807, 2.05) is 18.2 Å². The van der Waals surface area contributed by atoms with Gasteiger partial charge in [-0.1, -0.05) is 18.2 Å². The molecular formula is C20H16N4O3. The molecule has 134 valence electrons. The largest absolute Gasteiger partial charge is 0.454 e. The Kier molecular flexibility index (Phi) is 4.49. The first kappa shape index (κ1) is 16.7. The molecule has 27 heavy (non-hydrogen) atoms. The number of carbonyl (C=O) groups excluding carboxylic acids is 1. The van der Waals surface area contributed by atoms with E-state index in [0.29, 0.717) is 23.2 Å². The minimum atomic E-state index is -0.325. The number of nitrogens with zero attached hydrogens (tertiary/aromatic N) is 3. The third kappa shape index (κ3) is 3.62. The Balaban J connectivity index is 1.47. The van der Waals surface area contributed by atoms with Crippen molar-refractivity contribution in [2.45, 2.75) is 13.1 Å². The smallest absolute Gasteiger partial charge is 0.287 e. The molecule has 0 spiro atoms. The molecule has 0 aliphatic carbocycles.